The van der Waals surface area contributed by atoms with Gasteiger partial charge in [-0.1, -0.05) is 267 Å². The highest BCUT2D eigenvalue weighted by Crippen LogP contribution is 2.13. The summed E-state index contributed by atoms with van der Waals surface area (Å²) in [6.07, 6.45) is 104. The van der Waals surface area contributed by atoms with Gasteiger partial charge in [-0.2, -0.15) is 0 Å². The summed E-state index contributed by atoms with van der Waals surface area (Å²) in [5, 5.41) is 0. The summed E-state index contributed by atoms with van der Waals surface area (Å²) in [6, 6.07) is 0. The molecule has 1 unspecified atom stereocenters. The predicted molar refractivity (Wildman–Crippen MR) is 361 cm³/mol. The molecule has 6 heteroatoms. The number of esters is 3. The van der Waals surface area contributed by atoms with Gasteiger partial charge in [-0.25, -0.2) is 0 Å². The third kappa shape index (κ3) is 66.9. The van der Waals surface area contributed by atoms with Crippen LogP contribution in [0.25, 0.3) is 0 Å². The van der Waals surface area contributed by atoms with E-state index in [2.05, 4.69) is 215 Å². The van der Waals surface area contributed by atoms with Gasteiger partial charge in [-0.3, -0.25) is 14.4 Å². The second kappa shape index (κ2) is 68.7. The lowest BCUT2D eigenvalue weighted by Gasteiger charge is -2.18. The van der Waals surface area contributed by atoms with Gasteiger partial charge in [0.05, 0.1) is 0 Å². The Hall–Kier alpha value is -5.75. The molecule has 0 aliphatic carbocycles. The fraction of sp³-hybridized carbons (Fsp3) is 0.545. The van der Waals surface area contributed by atoms with E-state index in [4.69, 9.17) is 14.2 Å². The molecule has 0 bridgehead atoms. The number of allylic oxidation sites excluding steroid dienone is 32. The third-order valence-electron chi connectivity index (χ3n) is 13.0. The lowest BCUT2D eigenvalue weighted by atomic mass is 10.1. The molecule has 83 heavy (non-hydrogen) atoms. The molecule has 0 N–H and O–H groups in total. The molecule has 0 aliphatic heterocycles. The largest absolute Gasteiger partial charge is 0.462 e. The Morgan fingerprint density at radius 3 is 0.747 bits per heavy atom. The fourth-order valence-corrected chi connectivity index (χ4v) is 8.20. The maximum absolute atomic E-state index is 12.9. The highest BCUT2D eigenvalue weighted by atomic mass is 16.6. The van der Waals surface area contributed by atoms with E-state index in [1.807, 2.05) is 0 Å². The van der Waals surface area contributed by atoms with Crippen LogP contribution in [0.3, 0.4) is 0 Å². The maximum Gasteiger partial charge on any atom is 0.306 e. The minimum Gasteiger partial charge on any atom is -0.462 e. The number of hydrogen-bond donors (Lipinski definition) is 0. The first-order valence-corrected chi connectivity index (χ1v) is 32.9. The van der Waals surface area contributed by atoms with Crippen molar-refractivity contribution < 1.29 is 28.6 Å². The molecule has 0 radical (unpaired) electrons. The van der Waals surface area contributed by atoms with Gasteiger partial charge in [-0.15, -0.1) is 0 Å². The van der Waals surface area contributed by atoms with Crippen molar-refractivity contribution in [1.82, 2.24) is 0 Å². The minimum atomic E-state index is -0.824. The zero-order valence-corrected chi connectivity index (χ0v) is 52.9. The normalized spacial score (nSPS) is 13.4. The van der Waals surface area contributed by atoms with Crippen LogP contribution in [0.15, 0.2) is 194 Å². The summed E-state index contributed by atoms with van der Waals surface area (Å²) in [5.41, 5.74) is 0. The monoisotopic (exact) mass is 1140 g/mol. The van der Waals surface area contributed by atoms with Crippen LogP contribution in [0.5, 0.6) is 0 Å². The zero-order valence-electron chi connectivity index (χ0n) is 52.9. The molecule has 0 fully saturated rings. The maximum atomic E-state index is 12.9. The van der Waals surface area contributed by atoms with Crippen molar-refractivity contribution >= 4 is 17.9 Å². The molecular formula is C77H118O6. The van der Waals surface area contributed by atoms with E-state index in [0.717, 1.165) is 199 Å². The van der Waals surface area contributed by atoms with Crippen molar-refractivity contribution in [2.45, 2.75) is 258 Å². The first kappa shape index (κ1) is 77.2. The highest BCUT2D eigenvalue weighted by Gasteiger charge is 2.19. The number of ether oxygens (including phenoxy) is 3. The smallest absolute Gasteiger partial charge is 0.306 e. The molecule has 0 saturated heterocycles. The van der Waals surface area contributed by atoms with E-state index in [0.29, 0.717) is 19.3 Å². The van der Waals surface area contributed by atoms with E-state index in [1.165, 1.54) is 6.42 Å². The number of hydrogen-bond acceptors (Lipinski definition) is 6. The molecule has 0 amide bonds. The molecule has 0 saturated carbocycles. The van der Waals surface area contributed by atoms with Crippen LogP contribution in [0, 0.1) is 0 Å². The van der Waals surface area contributed by atoms with Crippen molar-refractivity contribution in [3.8, 4) is 0 Å². The molecule has 6 nitrogen and oxygen atoms in total. The van der Waals surface area contributed by atoms with Gasteiger partial charge < -0.3 is 14.2 Å². The summed E-state index contributed by atoms with van der Waals surface area (Å²) in [6.45, 7) is 6.28. The molecule has 0 aromatic carbocycles. The van der Waals surface area contributed by atoms with E-state index in [9.17, 15) is 14.4 Å². The van der Waals surface area contributed by atoms with E-state index >= 15 is 0 Å². The van der Waals surface area contributed by atoms with Crippen molar-refractivity contribution in [2.75, 3.05) is 13.2 Å². The molecule has 0 spiro atoms. The first-order chi connectivity index (χ1) is 41.0. The Labute approximate surface area is 509 Å². The molecule has 1 atom stereocenters. The van der Waals surface area contributed by atoms with Gasteiger partial charge in [0.15, 0.2) is 6.10 Å². The minimum absolute atomic E-state index is 0.116. The average molecular weight is 1140 g/mol. The quantitative estimate of drug-likeness (QED) is 0.0261. The molecule has 0 heterocycles. The van der Waals surface area contributed by atoms with Crippen molar-refractivity contribution in [2.24, 2.45) is 0 Å². The Bertz CT molecular complexity index is 1990. The SMILES string of the molecule is CC/C=C\C/C=C\C/C=C\C/C=C\C/C=C\C/C=C\C/C=C\CCCCCCCC(=O)OCC(COC(=O)CCCCCCC/C=C\C/C=C\CCC)OC(=O)CCCCC/C=C\C/C=C\C/C=C\C/C=C\C/C=C\C/C=C\C/C=C\CC. The lowest BCUT2D eigenvalue weighted by molar-refractivity contribution is -0.167. The van der Waals surface area contributed by atoms with Crippen LogP contribution < -0.4 is 0 Å². The van der Waals surface area contributed by atoms with Crippen molar-refractivity contribution in [3.63, 3.8) is 0 Å². The second-order valence-corrected chi connectivity index (χ2v) is 20.9. The van der Waals surface area contributed by atoms with Gasteiger partial charge in [0.1, 0.15) is 13.2 Å². The first-order valence-electron chi connectivity index (χ1n) is 32.9. The third-order valence-corrected chi connectivity index (χ3v) is 13.0. The number of carbonyl (C=O) groups is 3. The summed E-state index contributed by atoms with van der Waals surface area (Å²) in [7, 11) is 0. The van der Waals surface area contributed by atoms with Gasteiger partial charge in [0.25, 0.3) is 0 Å². The van der Waals surface area contributed by atoms with E-state index < -0.39 is 6.10 Å². The predicted octanol–water partition coefficient (Wildman–Crippen LogP) is 23.0. The van der Waals surface area contributed by atoms with Gasteiger partial charge in [-0.05, 0) is 161 Å². The van der Waals surface area contributed by atoms with E-state index in [1.54, 1.807) is 0 Å². The zero-order chi connectivity index (χ0) is 59.9. The summed E-state index contributed by atoms with van der Waals surface area (Å²) in [4.78, 5) is 38.4. The molecule has 462 valence electrons. The Morgan fingerprint density at radius 1 is 0.253 bits per heavy atom. The van der Waals surface area contributed by atoms with Crippen LogP contribution in [-0.2, 0) is 28.6 Å². The number of carbonyl (C=O) groups excluding carboxylic acids is 3. The standard InChI is InChI=1S/C77H118O6/c1-4-7-10-13-16-19-22-25-27-29-31-33-35-37-38-40-41-43-45-47-49-52-55-58-61-64-67-70-76(79)82-73-74(72-81-75(78)69-66-63-60-57-54-51-24-21-18-15-12-9-6-3)83-77(80)71-68-65-62-59-56-53-50-48-46-44-42-39-36-34-32-30-28-26-23-20-17-14-11-8-5-2/h7-8,10-12,15-17,19-21,24-28,31-34,37-39,41-43,46-49,53,56,74H,4-6,9,13-14,18,22-23,29-30,35-36,40,44-45,50-52,54-55,57-73H2,1-3H3/b10-7-,11-8-,15-12-,19-16-,20-17-,24-21-,27-25-,28-26-,33-31-,34-32-,38-37-,42-39-,43-41-,48-46-,49-47-,56-53-. The second-order valence-electron chi connectivity index (χ2n) is 20.9. The van der Waals surface area contributed by atoms with Crippen molar-refractivity contribution in [3.05, 3.63) is 194 Å². The Morgan fingerprint density at radius 2 is 0.470 bits per heavy atom. The topological polar surface area (TPSA) is 78.9 Å². The number of rotatable bonds is 57. The lowest BCUT2D eigenvalue weighted by Crippen LogP contribution is -2.30. The molecule has 0 aromatic heterocycles. The van der Waals surface area contributed by atoms with Gasteiger partial charge in [0.2, 0.25) is 0 Å². The van der Waals surface area contributed by atoms with Gasteiger partial charge >= 0.3 is 17.9 Å². The van der Waals surface area contributed by atoms with Crippen LogP contribution in [0.2, 0.25) is 0 Å². The summed E-state index contributed by atoms with van der Waals surface area (Å²) < 4.78 is 16.9. The molecule has 0 aliphatic rings. The van der Waals surface area contributed by atoms with Crippen LogP contribution in [0.1, 0.15) is 252 Å². The van der Waals surface area contributed by atoms with Crippen LogP contribution in [0.4, 0.5) is 0 Å². The van der Waals surface area contributed by atoms with E-state index in [-0.39, 0.29) is 37.5 Å². The summed E-state index contributed by atoms with van der Waals surface area (Å²) in [5.74, 6) is -0.991. The van der Waals surface area contributed by atoms with Crippen LogP contribution in [-0.4, -0.2) is 37.2 Å². The fourth-order valence-electron chi connectivity index (χ4n) is 8.20. The Kier molecular flexibility index (Phi) is 64.0. The molecule has 0 aromatic rings. The highest BCUT2D eigenvalue weighted by molar-refractivity contribution is 5.71. The molecular weight excluding hydrogens is 1020 g/mol. The molecule has 0 rings (SSSR count). The number of unbranched alkanes of at least 4 members (excludes halogenated alkanes) is 14. The average Bonchev–Trinajstić information content (AvgIpc) is 3.49. The Balaban J connectivity index is 4.50. The van der Waals surface area contributed by atoms with Crippen molar-refractivity contribution in [1.29, 1.82) is 0 Å². The van der Waals surface area contributed by atoms with Gasteiger partial charge in [0, 0.05) is 19.3 Å². The van der Waals surface area contributed by atoms with Crippen LogP contribution >= 0.6 is 0 Å². The summed E-state index contributed by atoms with van der Waals surface area (Å²) >= 11 is 0.